The lowest BCUT2D eigenvalue weighted by Gasteiger charge is -2.16. The number of aromatic nitrogens is 1. The number of nitrogens with one attached hydrogen (secondary N) is 1. The SMILES string of the molecule is CNc1nc(C)c(C(=O)N(C)CCCOc2ccc(C)c(C)c2)s1. The van der Waals surface area contributed by atoms with Crippen molar-refractivity contribution in [3.05, 3.63) is 39.9 Å². The first-order valence-corrected chi connectivity index (χ1v) is 8.84. The molecule has 130 valence electrons. The molecule has 0 fully saturated rings. The van der Waals surface area contributed by atoms with Crippen LogP contribution >= 0.6 is 11.3 Å². The summed E-state index contributed by atoms with van der Waals surface area (Å²) < 4.78 is 5.77. The van der Waals surface area contributed by atoms with Crippen LogP contribution < -0.4 is 10.1 Å². The van der Waals surface area contributed by atoms with E-state index in [4.69, 9.17) is 4.74 Å². The lowest BCUT2D eigenvalue weighted by atomic mass is 10.1. The fourth-order valence-electron chi connectivity index (χ4n) is 2.27. The van der Waals surface area contributed by atoms with Crippen LogP contribution in [-0.4, -0.2) is 43.0 Å². The van der Waals surface area contributed by atoms with Gasteiger partial charge in [0.05, 0.1) is 12.3 Å². The topological polar surface area (TPSA) is 54.5 Å². The van der Waals surface area contributed by atoms with Gasteiger partial charge in [-0.2, -0.15) is 0 Å². The van der Waals surface area contributed by atoms with Gasteiger partial charge in [0, 0.05) is 20.6 Å². The van der Waals surface area contributed by atoms with Crippen molar-refractivity contribution in [3.8, 4) is 5.75 Å². The molecule has 0 bridgehead atoms. The normalized spacial score (nSPS) is 10.5. The molecule has 2 aromatic rings. The smallest absolute Gasteiger partial charge is 0.265 e. The van der Waals surface area contributed by atoms with Gasteiger partial charge < -0.3 is 15.0 Å². The summed E-state index contributed by atoms with van der Waals surface area (Å²) in [4.78, 5) is 19.2. The molecule has 0 aliphatic heterocycles. The van der Waals surface area contributed by atoms with Crippen molar-refractivity contribution in [1.82, 2.24) is 9.88 Å². The molecule has 24 heavy (non-hydrogen) atoms. The molecular formula is C18H25N3O2S. The van der Waals surface area contributed by atoms with Crippen molar-refractivity contribution in [1.29, 1.82) is 0 Å². The van der Waals surface area contributed by atoms with Crippen LogP contribution in [0.3, 0.4) is 0 Å². The zero-order valence-electron chi connectivity index (χ0n) is 15.0. The van der Waals surface area contributed by atoms with Gasteiger partial charge in [-0.3, -0.25) is 4.79 Å². The molecule has 0 saturated carbocycles. The number of amides is 1. The van der Waals surface area contributed by atoms with Crippen molar-refractivity contribution in [2.75, 3.05) is 32.6 Å². The molecule has 1 N–H and O–H groups in total. The molecule has 1 aromatic carbocycles. The Morgan fingerprint density at radius 2 is 2.04 bits per heavy atom. The second-order valence-corrected chi connectivity index (χ2v) is 6.86. The molecule has 1 aromatic heterocycles. The van der Waals surface area contributed by atoms with E-state index in [1.54, 1.807) is 11.9 Å². The minimum Gasteiger partial charge on any atom is -0.494 e. The van der Waals surface area contributed by atoms with Crippen LogP contribution in [0.5, 0.6) is 5.75 Å². The van der Waals surface area contributed by atoms with Crippen molar-refractivity contribution in [3.63, 3.8) is 0 Å². The van der Waals surface area contributed by atoms with E-state index in [2.05, 4.69) is 30.2 Å². The van der Waals surface area contributed by atoms with E-state index in [0.717, 1.165) is 23.0 Å². The van der Waals surface area contributed by atoms with Crippen LogP contribution in [0.15, 0.2) is 18.2 Å². The van der Waals surface area contributed by atoms with Gasteiger partial charge in [0.2, 0.25) is 0 Å². The maximum absolute atomic E-state index is 12.5. The third-order valence-electron chi connectivity index (χ3n) is 3.94. The minimum atomic E-state index is 0.0117. The van der Waals surface area contributed by atoms with Gasteiger partial charge in [0.1, 0.15) is 10.6 Å². The maximum Gasteiger partial charge on any atom is 0.265 e. The van der Waals surface area contributed by atoms with Gasteiger partial charge in [-0.25, -0.2) is 4.98 Å². The number of rotatable bonds is 7. The van der Waals surface area contributed by atoms with Gasteiger partial charge in [0.25, 0.3) is 5.91 Å². The van der Waals surface area contributed by atoms with E-state index < -0.39 is 0 Å². The summed E-state index contributed by atoms with van der Waals surface area (Å²) in [6, 6.07) is 6.09. The molecule has 1 heterocycles. The molecule has 0 aliphatic carbocycles. The Kier molecular flexibility index (Phi) is 6.20. The van der Waals surface area contributed by atoms with Crippen molar-refractivity contribution < 1.29 is 9.53 Å². The predicted molar refractivity (Wildman–Crippen MR) is 99.4 cm³/mol. The van der Waals surface area contributed by atoms with E-state index in [9.17, 15) is 4.79 Å². The Bertz CT molecular complexity index is 712. The average Bonchev–Trinajstić information content (AvgIpc) is 2.94. The highest BCUT2D eigenvalue weighted by atomic mass is 32.1. The Morgan fingerprint density at radius 3 is 2.67 bits per heavy atom. The molecule has 6 heteroatoms. The summed E-state index contributed by atoms with van der Waals surface area (Å²) in [6.07, 6.45) is 0.784. The molecule has 0 aliphatic rings. The number of hydrogen-bond acceptors (Lipinski definition) is 5. The molecule has 0 unspecified atom stereocenters. The van der Waals surface area contributed by atoms with Crippen LogP contribution in [-0.2, 0) is 0 Å². The summed E-state index contributed by atoms with van der Waals surface area (Å²) in [5.74, 6) is 0.890. The molecular weight excluding hydrogens is 322 g/mol. The van der Waals surface area contributed by atoms with Crippen LogP contribution in [0.4, 0.5) is 5.13 Å². The van der Waals surface area contributed by atoms with Crippen LogP contribution in [0, 0.1) is 20.8 Å². The predicted octanol–water partition coefficient (Wildman–Crippen LogP) is 3.65. The summed E-state index contributed by atoms with van der Waals surface area (Å²) in [5.41, 5.74) is 3.25. The zero-order chi connectivity index (χ0) is 17.7. The number of anilines is 1. The van der Waals surface area contributed by atoms with Crippen LogP contribution in [0.25, 0.3) is 0 Å². The molecule has 1 amide bonds. The quantitative estimate of drug-likeness (QED) is 0.777. The molecule has 2 rings (SSSR count). The Morgan fingerprint density at radius 1 is 1.29 bits per heavy atom. The summed E-state index contributed by atoms with van der Waals surface area (Å²) in [5, 5.41) is 3.74. The van der Waals surface area contributed by atoms with E-state index in [0.29, 0.717) is 18.0 Å². The monoisotopic (exact) mass is 347 g/mol. The first kappa shape index (κ1) is 18.3. The van der Waals surface area contributed by atoms with Crippen LogP contribution in [0.2, 0.25) is 0 Å². The fourth-order valence-corrected chi connectivity index (χ4v) is 3.19. The molecule has 0 atom stereocenters. The van der Waals surface area contributed by atoms with Crippen LogP contribution in [0.1, 0.15) is 32.9 Å². The standard InChI is InChI=1S/C18H25N3O2S/c1-12-7-8-15(11-13(12)2)23-10-6-9-21(5)17(22)16-14(3)20-18(19-4)24-16/h7-8,11H,6,9-10H2,1-5H3,(H,19,20). The lowest BCUT2D eigenvalue weighted by Crippen LogP contribution is -2.28. The number of benzene rings is 1. The van der Waals surface area contributed by atoms with Crippen molar-refractivity contribution >= 4 is 22.4 Å². The van der Waals surface area contributed by atoms with Gasteiger partial charge in [-0.1, -0.05) is 17.4 Å². The Labute approximate surface area is 147 Å². The lowest BCUT2D eigenvalue weighted by molar-refractivity contribution is 0.0791. The van der Waals surface area contributed by atoms with E-state index >= 15 is 0 Å². The number of nitrogens with zero attached hydrogens (tertiary/aromatic N) is 2. The number of carbonyl (C=O) groups excluding carboxylic acids is 1. The summed E-state index contributed by atoms with van der Waals surface area (Å²) >= 11 is 1.39. The number of ether oxygens (including phenoxy) is 1. The number of thiazole rings is 1. The summed E-state index contributed by atoms with van der Waals surface area (Å²) in [7, 11) is 3.62. The highest BCUT2D eigenvalue weighted by molar-refractivity contribution is 7.17. The zero-order valence-corrected chi connectivity index (χ0v) is 15.8. The highest BCUT2D eigenvalue weighted by Gasteiger charge is 2.18. The Hall–Kier alpha value is -2.08. The number of carbonyl (C=O) groups is 1. The Balaban J connectivity index is 1.81. The first-order chi connectivity index (χ1) is 11.4. The largest absolute Gasteiger partial charge is 0.494 e. The second kappa shape index (κ2) is 8.15. The second-order valence-electron chi connectivity index (χ2n) is 5.86. The fraction of sp³-hybridized carbons (Fsp3) is 0.444. The van der Waals surface area contributed by atoms with E-state index in [1.807, 2.05) is 26.1 Å². The van der Waals surface area contributed by atoms with Gasteiger partial charge in [0.15, 0.2) is 5.13 Å². The highest BCUT2D eigenvalue weighted by Crippen LogP contribution is 2.23. The molecule has 0 radical (unpaired) electrons. The van der Waals surface area contributed by atoms with Gasteiger partial charge >= 0.3 is 0 Å². The number of hydrogen-bond donors (Lipinski definition) is 1. The van der Waals surface area contributed by atoms with Crippen molar-refractivity contribution in [2.45, 2.75) is 27.2 Å². The molecule has 0 saturated heterocycles. The van der Waals surface area contributed by atoms with E-state index in [1.165, 1.54) is 22.5 Å². The molecule has 5 nitrogen and oxygen atoms in total. The maximum atomic E-state index is 12.5. The first-order valence-electron chi connectivity index (χ1n) is 8.03. The number of aryl methyl sites for hydroxylation is 3. The van der Waals surface area contributed by atoms with Gasteiger partial charge in [-0.05, 0) is 50.5 Å². The van der Waals surface area contributed by atoms with Gasteiger partial charge in [-0.15, -0.1) is 0 Å². The third-order valence-corrected chi connectivity index (χ3v) is 5.10. The average molecular weight is 347 g/mol. The third kappa shape index (κ3) is 4.47. The summed E-state index contributed by atoms with van der Waals surface area (Å²) in [6.45, 7) is 7.26. The minimum absolute atomic E-state index is 0.0117. The van der Waals surface area contributed by atoms with E-state index in [-0.39, 0.29) is 5.91 Å². The van der Waals surface area contributed by atoms with Crippen molar-refractivity contribution in [2.24, 2.45) is 0 Å². The molecule has 0 spiro atoms.